The summed E-state index contributed by atoms with van der Waals surface area (Å²) in [7, 11) is 1.91. The standard InChI is InChI=1S/C11H19N3O/c1-8-6-12-9(2)10(13-8)14(5)7-11(3,4)15/h6,15H,7H2,1-5H3. The molecule has 0 radical (unpaired) electrons. The van der Waals surface area contributed by atoms with Crippen molar-refractivity contribution in [3.05, 3.63) is 17.6 Å². The van der Waals surface area contributed by atoms with Gasteiger partial charge in [0.25, 0.3) is 0 Å². The molecule has 0 aromatic carbocycles. The van der Waals surface area contributed by atoms with Crippen LogP contribution in [0.25, 0.3) is 0 Å². The molecular formula is C11H19N3O. The molecule has 15 heavy (non-hydrogen) atoms. The van der Waals surface area contributed by atoms with E-state index < -0.39 is 5.60 Å². The first-order chi connectivity index (χ1) is 6.79. The van der Waals surface area contributed by atoms with Crippen molar-refractivity contribution in [3.63, 3.8) is 0 Å². The second-order valence-corrected chi connectivity index (χ2v) is 4.59. The van der Waals surface area contributed by atoms with Crippen molar-refractivity contribution in [2.75, 3.05) is 18.5 Å². The number of hydrogen-bond donors (Lipinski definition) is 1. The molecule has 0 bridgehead atoms. The molecule has 0 aliphatic rings. The summed E-state index contributed by atoms with van der Waals surface area (Å²) in [6.07, 6.45) is 1.75. The number of nitrogens with zero attached hydrogens (tertiary/aromatic N) is 3. The van der Waals surface area contributed by atoms with Gasteiger partial charge in [0.1, 0.15) is 5.82 Å². The number of hydrogen-bond acceptors (Lipinski definition) is 4. The van der Waals surface area contributed by atoms with Crippen LogP contribution in [0.5, 0.6) is 0 Å². The molecule has 0 unspecified atom stereocenters. The predicted molar refractivity (Wildman–Crippen MR) is 61.1 cm³/mol. The molecule has 0 saturated heterocycles. The van der Waals surface area contributed by atoms with E-state index in [0.29, 0.717) is 6.54 Å². The first-order valence-corrected chi connectivity index (χ1v) is 5.03. The average Bonchev–Trinajstić information content (AvgIpc) is 2.06. The van der Waals surface area contributed by atoms with Crippen molar-refractivity contribution in [2.24, 2.45) is 0 Å². The molecule has 4 nitrogen and oxygen atoms in total. The van der Waals surface area contributed by atoms with Gasteiger partial charge in [0.2, 0.25) is 0 Å². The van der Waals surface area contributed by atoms with Crippen molar-refractivity contribution in [3.8, 4) is 0 Å². The molecule has 1 heterocycles. The summed E-state index contributed by atoms with van der Waals surface area (Å²) in [6, 6.07) is 0. The molecule has 0 spiro atoms. The van der Waals surface area contributed by atoms with Crippen molar-refractivity contribution >= 4 is 5.82 Å². The highest BCUT2D eigenvalue weighted by molar-refractivity contribution is 5.42. The third kappa shape index (κ3) is 3.47. The Morgan fingerprint density at radius 3 is 2.53 bits per heavy atom. The Hall–Kier alpha value is -1.16. The van der Waals surface area contributed by atoms with E-state index in [0.717, 1.165) is 17.2 Å². The molecule has 4 heteroatoms. The maximum absolute atomic E-state index is 9.72. The summed E-state index contributed by atoms with van der Waals surface area (Å²) < 4.78 is 0. The zero-order valence-corrected chi connectivity index (χ0v) is 10.1. The molecule has 0 aliphatic heterocycles. The van der Waals surface area contributed by atoms with Crippen LogP contribution in [0.4, 0.5) is 5.82 Å². The molecule has 1 N–H and O–H groups in total. The average molecular weight is 209 g/mol. The van der Waals surface area contributed by atoms with Gasteiger partial charge in [0.15, 0.2) is 0 Å². The Labute approximate surface area is 91.0 Å². The van der Waals surface area contributed by atoms with Crippen LogP contribution in [0.15, 0.2) is 6.20 Å². The van der Waals surface area contributed by atoms with Crippen LogP contribution in [-0.2, 0) is 0 Å². The van der Waals surface area contributed by atoms with Gasteiger partial charge in [-0.2, -0.15) is 0 Å². The summed E-state index contributed by atoms with van der Waals surface area (Å²) in [5.41, 5.74) is 1.04. The van der Waals surface area contributed by atoms with Crippen molar-refractivity contribution < 1.29 is 5.11 Å². The third-order valence-electron chi connectivity index (χ3n) is 2.04. The molecule has 0 fully saturated rings. The highest BCUT2D eigenvalue weighted by Gasteiger charge is 2.18. The quantitative estimate of drug-likeness (QED) is 0.815. The Morgan fingerprint density at radius 1 is 1.40 bits per heavy atom. The van der Waals surface area contributed by atoms with Crippen LogP contribution in [0.3, 0.4) is 0 Å². The maximum atomic E-state index is 9.72. The zero-order chi connectivity index (χ0) is 11.6. The molecule has 1 rings (SSSR count). The maximum Gasteiger partial charge on any atom is 0.150 e. The van der Waals surface area contributed by atoms with Gasteiger partial charge >= 0.3 is 0 Å². The van der Waals surface area contributed by atoms with Crippen LogP contribution in [0.2, 0.25) is 0 Å². The van der Waals surface area contributed by atoms with Crippen molar-refractivity contribution in [1.82, 2.24) is 9.97 Å². The zero-order valence-electron chi connectivity index (χ0n) is 10.1. The number of aromatic nitrogens is 2. The SMILES string of the molecule is Cc1cnc(C)c(N(C)CC(C)(C)O)n1. The lowest BCUT2D eigenvalue weighted by molar-refractivity contribution is 0.0884. The molecule has 0 amide bonds. The van der Waals surface area contributed by atoms with E-state index in [1.165, 1.54) is 0 Å². The summed E-state index contributed by atoms with van der Waals surface area (Å²) in [5, 5.41) is 9.72. The Morgan fingerprint density at radius 2 is 2.00 bits per heavy atom. The van der Waals surface area contributed by atoms with Gasteiger partial charge < -0.3 is 10.0 Å². The Balaban J connectivity index is 2.90. The summed E-state index contributed by atoms with van der Waals surface area (Å²) in [6.45, 7) is 7.92. The van der Waals surface area contributed by atoms with Crippen LogP contribution >= 0.6 is 0 Å². The molecule has 0 saturated carbocycles. The van der Waals surface area contributed by atoms with Gasteiger partial charge in [-0.3, -0.25) is 4.98 Å². The van der Waals surface area contributed by atoms with Crippen LogP contribution in [0, 0.1) is 13.8 Å². The van der Waals surface area contributed by atoms with Crippen LogP contribution in [-0.4, -0.2) is 34.3 Å². The van der Waals surface area contributed by atoms with Crippen molar-refractivity contribution in [2.45, 2.75) is 33.3 Å². The van der Waals surface area contributed by atoms with Gasteiger partial charge in [-0.25, -0.2) is 4.98 Å². The van der Waals surface area contributed by atoms with E-state index in [2.05, 4.69) is 9.97 Å². The van der Waals surface area contributed by atoms with Gasteiger partial charge in [-0.05, 0) is 27.7 Å². The van der Waals surface area contributed by atoms with E-state index >= 15 is 0 Å². The summed E-state index contributed by atoms with van der Waals surface area (Å²) in [4.78, 5) is 10.6. The fourth-order valence-corrected chi connectivity index (χ4v) is 1.54. The summed E-state index contributed by atoms with van der Waals surface area (Å²) >= 11 is 0. The Bertz CT molecular complexity index is 344. The number of aryl methyl sites for hydroxylation is 2. The van der Waals surface area contributed by atoms with E-state index in [1.807, 2.05) is 25.8 Å². The molecule has 0 aliphatic carbocycles. The van der Waals surface area contributed by atoms with E-state index in [-0.39, 0.29) is 0 Å². The molecule has 1 aromatic rings. The van der Waals surface area contributed by atoms with Crippen molar-refractivity contribution in [1.29, 1.82) is 0 Å². The number of anilines is 1. The van der Waals surface area contributed by atoms with Gasteiger partial charge in [-0.15, -0.1) is 0 Å². The van der Waals surface area contributed by atoms with E-state index in [1.54, 1.807) is 20.0 Å². The highest BCUT2D eigenvalue weighted by atomic mass is 16.3. The van der Waals surface area contributed by atoms with Gasteiger partial charge in [0.05, 0.1) is 17.0 Å². The fraction of sp³-hybridized carbons (Fsp3) is 0.636. The monoisotopic (exact) mass is 209 g/mol. The minimum absolute atomic E-state index is 0.534. The fourth-order valence-electron chi connectivity index (χ4n) is 1.54. The Kier molecular flexibility index (Phi) is 3.29. The minimum atomic E-state index is -0.730. The minimum Gasteiger partial charge on any atom is -0.389 e. The smallest absolute Gasteiger partial charge is 0.150 e. The predicted octanol–water partition coefficient (Wildman–Crippen LogP) is 1.30. The lowest BCUT2D eigenvalue weighted by Gasteiger charge is -2.27. The molecular weight excluding hydrogens is 190 g/mol. The summed E-state index contributed by atoms with van der Waals surface area (Å²) in [5.74, 6) is 0.831. The molecule has 84 valence electrons. The molecule has 0 atom stereocenters. The topological polar surface area (TPSA) is 49.2 Å². The molecule has 1 aromatic heterocycles. The van der Waals surface area contributed by atoms with Gasteiger partial charge in [0, 0.05) is 19.8 Å². The number of rotatable bonds is 3. The lowest BCUT2D eigenvalue weighted by Crippen LogP contribution is -2.37. The largest absolute Gasteiger partial charge is 0.389 e. The normalized spacial score (nSPS) is 11.6. The second-order valence-electron chi connectivity index (χ2n) is 4.59. The first kappa shape index (κ1) is 11.9. The highest BCUT2D eigenvalue weighted by Crippen LogP contribution is 2.16. The van der Waals surface area contributed by atoms with Crippen LogP contribution in [0.1, 0.15) is 25.2 Å². The number of likely N-dealkylation sites (N-methyl/N-ethyl adjacent to an activating group) is 1. The lowest BCUT2D eigenvalue weighted by atomic mass is 10.1. The third-order valence-corrected chi connectivity index (χ3v) is 2.04. The van der Waals surface area contributed by atoms with Gasteiger partial charge in [-0.1, -0.05) is 0 Å². The van der Waals surface area contributed by atoms with E-state index in [4.69, 9.17) is 0 Å². The second kappa shape index (κ2) is 4.14. The van der Waals surface area contributed by atoms with Crippen LogP contribution < -0.4 is 4.90 Å². The first-order valence-electron chi connectivity index (χ1n) is 5.03. The van der Waals surface area contributed by atoms with E-state index in [9.17, 15) is 5.11 Å². The number of aliphatic hydroxyl groups is 1.